The third kappa shape index (κ3) is 6.20. The van der Waals surface area contributed by atoms with Crippen LogP contribution in [-0.2, 0) is 11.3 Å². The third-order valence-electron chi connectivity index (χ3n) is 4.11. The first kappa shape index (κ1) is 21.1. The second-order valence-electron chi connectivity index (χ2n) is 7.89. The number of nitrogens with one attached hydrogen (secondary N) is 1. The largest absolute Gasteiger partial charge is 0.444 e. The second-order valence-corrected chi connectivity index (χ2v) is 7.89. The van der Waals surface area contributed by atoms with Crippen LogP contribution in [0.4, 0.5) is 10.5 Å². The van der Waals surface area contributed by atoms with E-state index in [4.69, 9.17) is 9.15 Å². The van der Waals surface area contributed by atoms with E-state index in [-0.39, 0.29) is 6.09 Å². The molecule has 0 unspecified atom stereocenters. The summed E-state index contributed by atoms with van der Waals surface area (Å²) in [7, 11) is 1.72. The number of amides is 1. The van der Waals surface area contributed by atoms with Crippen LogP contribution >= 0.6 is 0 Å². The number of ether oxygens (including phenoxy) is 1. The van der Waals surface area contributed by atoms with E-state index in [1.54, 1.807) is 24.4 Å². The lowest BCUT2D eigenvalue weighted by Crippen LogP contribution is -2.33. The molecular weight excluding hydrogens is 380 g/mol. The Kier molecular flexibility index (Phi) is 6.51. The fourth-order valence-electron chi connectivity index (χ4n) is 2.64. The Hall–Kier alpha value is -3.61. The Balaban J connectivity index is 1.51. The molecule has 3 rings (SSSR count). The van der Waals surface area contributed by atoms with Crippen LogP contribution in [0.15, 0.2) is 70.6 Å². The standard InChI is InChI=1S/C23H26N4O3/c1-23(2,3)30-22(28)27(4)15-18-7-5-17(6-8-18)13-25-26-20-11-9-19(10-12-20)21-14-24-16-29-21/h5-14,16,26H,15H2,1-4H3. The number of hydrazone groups is 1. The number of anilines is 1. The van der Waals surface area contributed by atoms with E-state index in [0.29, 0.717) is 6.54 Å². The van der Waals surface area contributed by atoms with Gasteiger partial charge < -0.3 is 14.1 Å². The molecule has 0 spiro atoms. The van der Waals surface area contributed by atoms with E-state index in [1.165, 1.54) is 6.39 Å². The predicted molar refractivity (Wildman–Crippen MR) is 117 cm³/mol. The quantitative estimate of drug-likeness (QED) is 0.452. The molecule has 0 radical (unpaired) electrons. The molecule has 0 saturated heterocycles. The summed E-state index contributed by atoms with van der Waals surface area (Å²) < 4.78 is 10.6. The average Bonchev–Trinajstić information content (AvgIpc) is 3.23. The first-order chi connectivity index (χ1) is 14.3. The van der Waals surface area contributed by atoms with Crippen molar-refractivity contribution in [3.8, 4) is 11.3 Å². The van der Waals surface area contributed by atoms with E-state index in [1.807, 2.05) is 69.3 Å². The van der Waals surface area contributed by atoms with Crippen LogP contribution in [0.5, 0.6) is 0 Å². The van der Waals surface area contributed by atoms with Crippen molar-refractivity contribution in [2.24, 2.45) is 5.10 Å². The minimum Gasteiger partial charge on any atom is -0.444 e. The number of aromatic nitrogens is 1. The van der Waals surface area contributed by atoms with Gasteiger partial charge in [-0.25, -0.2) is 9.78 Å². The molecular formula is C23H26N4O3. The molecule has 7 nitrogen and oxygen atoms in total. The van der Waals surface area contributed by atoms with E-state index < -0.39 is 5.60 Å². The SMILES string of the molecule is CN(Cc1ccc(C=NNc2ccc(-c3cnco3)cc2)cc1)C(=O)OC(C)(C)C. The molecule has 0 aliphatic rings. The smallest absolute Gasteiger partial charge is 0.410 e. The number of nitrogens with zero attached hydrogens (tertiary/aromatic N) is 3. The summed E-state index contributed by atoms with van der Waals surface area (Å²) in [6.07, 6.45) is 4.49. The van der Waals surface area contributed by atoms with E-state index in [2.05, 4.69) is 15.5 Å². The molecule has 30 heavy (non-hydrogen) atoms. The molecule has 7 heteroatoms. The highest BCUT2D eigenvalue weighted by molar-refractivity contribution is 5.80. The predicted octanol–water partition coefficient (Wildman–Crippen LogP) is 5.15. The van der Waals surface area contributed by atoms with E-state index in [9.17, 15) is 4.79 Å². The fraction of sp³-hybridized carbons (Fsp3) is 0.261. The normalized spacial score (nSPS) is 11.5. The number of oxazole rings is 1. The van der Waals surface area contributed by atoms with Crippen molar-refractivity contribution in [1.29, 1.82) is 0 Å². The van der Waals surface area contributed by atoms with Gasteiger partial charge in [0.2, 0.25) is 0 Å². The molecule has 1 heterocycles. The Morgan fingerprint density at radius 3 is 2.47 bits per heavy atom. The van der Waals surface area contributed by atoms with Crippen molar-refractivity contribution >= 4 is 18.0 Å². The number of carbonyl (C=O) groups excluding carboxylic acids is 1. The van der Waals surface area contributed by atoms with Gasteiger partial charge in [-0.3, -0.25) is 5.43 Å². The maximum absolute atomic E-state index is 12.1. The van der Waals surface area contributed by atoms with Gasteiger partial charge in [-0.1, -0.05) is 24.3 Å². The van der Waals surface area contributed by atoms with Crippen LogP contribution in [-0.4, -0.2) is 34.8 Å². The molecule has 0 aliphatic carbocycles. The van der Waals surface area contributed by atoms with Crippen LogP contribution in [0.2, 0.25) is 0 Å². The summed E-state index contributed by atoms with van der Waals surface area (Å²) in [6, 6.07) is 15.6. The summed E-state index contributed by atoms with van der Waals surface area (Å²) in [6.45, 7) is 6.03. The van der Waals surface area contributed by atoms with E-state index in [0.717, 1.165) is 28.1 Å². The zero-order chi connectivity index (χ0) is 21.6. The Bertz CT molecular complexity index is 973. The van der Waals surface area contributed by atoms with Crippen LogP contribution < -0.4 is 5.43 Å². The number of carbonyl (C=O) groups is 1. The van der Waals surface area contributed by atoms with Crippen LogP contribution in [0.1, 0.15) is 31.9 Å². The number of rotatable bonds is 6. The third-order valence-corrected chi connectivity index (χ3v) is 4.11. The van der Waals surface area contributed by atoms with Crippen molar-refractivity contribution in [2.75, 3.05) is 12.5 Å². The highest BCUT2D eigenvalue weighted by Crippen LogP contribution is 2.20. The van der Waals surface area contributed by atoms with Gasteiger partial charge in [-0.2, -0.15) is 5.10 Å². The maximum atomic E-state index is 12.1. The van der Waals surface area contributed by atoms with Crippen molar-refractivity contribution in [2.45, 2.75) is 32.9 Å². The summed E-state index contributed by atoms with van der Waals surface area (Å²) in [4.78, 5) is 17.5. The van der Waals surface area contributed by atoms with E-state index >= 15 is 0 Å². The minimum atomic E-state index is -0.505. The first-order valence-electron chi connectivity index (χ1n) is 9.61. The van der Waals surface area contributed by atoms with Gasteiger partial charge in [0.15, 0.2) is 12.2 Å². The number of hydrogen-bond donors (Lipinski definition) is 1. The monoisotopic (exact) mass is 406 g/mol. The van der Waals surface area contributed by atoms with Crippen molar-refractivity contribution in [3.63, 3.8) is 0 Å². The van der Waals surface area contributed by atoms with Crippen LogP contribution in [0, 0.1) is 0 Å². The zero-order valence-electron chi connectivity index (χ0n) is 17.6. The van der Waals surface area contributed by atoms with Crippen molar-refractivity contribution in [1.82, 2.24) is 9.88 Å². The van der Waals surface area contributed by atoms with Gasteiger partial charge in [0.05, 0.1) is 18.1 Å². The summed E-state index contributed by atoms with van der Waals surface area (Å²) >= 11 is 0. The number of hydrogen-bond acceptors (Lipinski definition) is 6. The highest BCUT2D eigenvalue weighted by atomic mass is 16.6. The number of benzene rings is 2. The molecule has 0 saturated carbocycles. The molecule has 1 amide bonds. The Morgan fingerprint density at radius 2 is 1.87 bits per heavy atom. The molecule has 0 atom stereocenters. The maximum Gasteiger partial charge on any atom is 0.410 e. The van der Waals surface area contributed by atoms with Gasteiger partial charge in [-0.05, 0) is 56.2 Å². The van der Waals surface area contributed by atoms with Crippen LogP contribution in [0.3, 0.4) is 0 Å². The van der Waals surface area contributed by atoms with Gasteiger partial charge in [0, 0.05) is 19.2 Å². The highest BCUT2D eigenvalue weighted by Gasteiger charge is 2.19. The molecule has 0 fully saturated rings. The van der Waals surface area contributed by atoms with Gasteiger partial charge >= 0.3 is 6.09 Å². The van der Waals surface area contributed by atoms with Gasteiger partial charge in [0.1, 0.15) is 5.60 Å². The molecule has 0 bridgehead atoms. The lowest BCUT2D eigenvalue weighted by atomic mass is 10.1. The summed E-state index contributed by atoms with van der Waals surface area (Å²) in [5, 5.41) is 4.27. The van der Waals surface area contributed by atoms with Gasteiger partial charge in [-0.15, -0.1) is 0 Å². The van der Waals surface area contributed by atoms with Crippen LogP contribution in [0.25, 0.3) is 11.3 Å². The topological polar surface area (TPSA) is 80.0 Å². The van der Waals surface area contributed by atoms with Crippen molar-refractivity contribution in [3.05, 3.63) is 72.2 Å². The second kappa shape index (κ2) is 9.26. The zero-order valence-corrected chi connectivity index (χ0v) is 17.6. The lowest BCUT2D eigenvalue weighted by Gasteiger charge is -2.24. The first-order valence-corrected chi connectivity index (χ1v) is 9.61. The van der Waals surface area contributed by atoms with Crippen molar-refractivity contribution < 1.29 is 13.9 Å². The summed E-state index contributed by atoms with van der Waals surface area (Å²) in [5.41, 5.74) is 6.28. The fourth-order valence-corrected chi connectivity index (χ4v) is 2.64. The molecule has 156 valence electrons. The average molecular weight is 406 g/mol. The Labute approximate surface area is 176 Å². The molecule has 0 aliphatic heterocycles. The molecule has 1 aromatic heterocycles. The Morgan fingerprint density at radius 1 is 1.17 bits per heavy atom. The summed E-state index contributed by atoms with van der Waals surface area (Å²) in [5.74, 6) is 0.724. The van der Waals surface area contributed by atoms with Gasteiger partial charge in [0.25, 0.3) is 0 Å². The molecule has 3 aromatic rings. The lowest BCUT2D eigenvalue weighted by molar-refractivity contribution is 0.0285. The molecule has 2 aromatic carbocycles. The molecule has 1 N–H and O–H groups in total. The minimum absolute atomic E-state index is 0.341.